The van der Waals surface area contributed by atoms with Crippen molar-refractivity contribution in [3.8, 4) is 0 Å². The van der Waals surface area contributed by atoms with Gasteiger partial charge in [-0.15, -0.1) is 0 Å². The number of benzene rings is 2. The number of amides is 2. The quantitative estimate of drug-likeness (QED) is 0.169. The maximum atomic E-state index is 13.3. The Morgan fingerprint density at radius 3 is 1.55 bits per heavy atom. The van der Waals surface area contributed by atoms with Crippen molar-refractivity contribution in [2.45, 2.75) is 73.1 Å². The van der Waals surface area contributed by atoms with Crippen LogP contribution in [0.3, 0.4) is 0 Å². The Balaban J connectivity index is 1.03. The van der Waals surface area contributed by atoms with Crippen LogP contribution < -0.4 is 10.6 Å². The van der Waals surface area contributed by atoms with Gasteiger partial charge in [0.2, 0.25) is 11.9 Å². The molecule has 4 aromatic heterocycles. The molecule has 1 aliphatic carbocycles. The van der Waals surface area contributed by atoms with E-state index < -0.39 is 0 Å². The molecule has 0 bridgehead atoms. The summed E-state index contributed by atoms with van der Waals surface area (Å²) in [6.45, 7) is 10.5. The minimum Gasteiger partial charge on any atom is -0.310 e. The van der Waals surface area contributed by atoms with Crippen LogP contribution in [-0.2, 0) is 26.2 Å². The van der Waals surface area contributed by atoms with Gasteiger partial charge in [0.15, 0.2) is 0 Å². The number of imidazole rings is 2. The zero-order valence-electron chi connectivity index (χ0n) is 27.3. The fourth-order valence-corrected chi connectivity index (χ4v) is 6.67. The van der Waals surface area contributed by atoms with Gasteiger partial charge in [-0.05, 0) is 95.2 Å². The lowest BCUT2D eigenvalue weighted by atomic mass is 10.2. The number of aryl methyl sites for hydroxylation is 6. The normalized spacial score (nSPS) is 15.8. The highest BCUT2D eigenvalue weighted by molar-refractivity contribution is 6.03. The third-order valence-corrected chi connectivity index (χ3v) is 9.14. The first-order chi connectivity index (χ1) is 22.8. The molecule has 2 aromatic carbocycles. The number of carbonyl (C=O) groups excluding carboxylic acids is 2. The van der Waals surface area contributed by atoms with E-state index in [0.29, 0.717) is 48.2 Å². The van der Waals surface area contributed by atoms with E-state index in [9.17, 15) is 9.59 Å². The molecule has 12 nitrogen and oxygen atoms in total. The lowest BCUT2D eigenvalue weighted by molar-refractivity contribution is 0.100. The Morgan fingerprint density at radius 2 is 1.13 bits per heavy atom. The second-order valence-corrected chi connectivity index (χ2v) is 12.4. The van der Waals surface area contributed by atoms with Crippen molar-refractivity contribution >= 4 is 45.8 Å². The van der Waals surface area contributed by atoms with Crippen LogP contribution in [0, 0.1) is 25.7 Å². The number of para-hydroxylation sites is 4. The molecule has 0 aliphatic heterocycles. The monoisotopic (exact) mass is 632 g/mol. The van der Waals surface area contributed by atoms with Crippen LogP contribution in [-0.4, -0.2) is 50.5 Å². The van der Waals surface area contributed by atoms with Crippen LogP contribution in [0.5, 0.6) is 0 Å². The highest BCUT2D eigenvalue weighted by atomic mass is 16.2. The van der Waals surface area contributed by atoms with Crippen molar-refractivity contribution in [1.29, 1.82) is 0 Å². The molecule has 242 valence electrons. The predicted octanol–water partition coefficient (Wildman–Crippen LogP) is 6.06. The maximum Gasteiger partial charge on any atom is 0.276 e. The summed E-state index contributed by atoms with van der Waals surface area (Å²) >= 11 is 0. The van der Waals surface area contributed by atoms with Crippen LogP contribution in [0.2, 0.25) is 0 Å². The third kappa shape index (κ3) is 6.02. The molecule has 1 fully saturated rings. The van der Waals surface area contributed by atoms with E-state index in [4.69, 9.17) is 9.97 Å². The second-order valence-electron chi connectivity index (χ2n) is 12.4. The van der Waals surface area contributed by atoms with Crippen molar-refractivity contribution in [2.24, 2.45) is 11.8 Å². The van der Waals surface area contributed by atoms with Crippen molar-refractivity contribution in [2.75, 3.05) is 10.6 Å². The molecule has 2 amide bonds. The molecule has 1 aliphatic rings. The summed E-state index contributed by atoms with van der Waals surface area (Å²) in [5.41, 5.74) is 6.39. The summed E-state index contributed by atoms with van der Waals surface area (Å²) in [6.07, 6.45) is 3.11. The molecule has 0 radical (unpaired) electrons. The Morgan fingerprint density at radius 1 is 0.702 bits per heavy atom. The number of hydrogen-bond donors (Lipinski definition) is 2. The number of nitrogens with one attached hydrogen (secondary N) is 2. The van der Waals surface area contributed by atoms with E-state index in [1.807, 2.05) is 76.2 Å². The van der Waals surface area contributed by atoms with E-state index in [0.717, 1.165) is 65.8 Å². The highest BCUT2D eigenvalue weighted by Gasteiger charge is 2.36. The van der Waals surface area contributed by atoms with Gasteiger partial charge in [-0.3, -0.25) is 29.6 Å². The van der Waals surface area contributed by atoms with Crippen LogP contribution in [0.1, 0.15) is 65.5 Å². The van der Waals surface area contributed by atoms with Gasteiger partial charge in [0.1, 0.15) is 11.4 Å². The Kier molecular flexibility index (Phi) is 8.09. The molecule has 7 rings (SSSR count). The molecular formula is C35H40N10O2. The SMILES string of the molecule is CCn1nc(C)cc1C(=O)Nc1nc2ccccc2n1CC[C@H]1C[C@@H]1CCn1c(NC(=O)c2cc(C)nn2CC)nc2ccccc21. The number of carbonyl (C=O) groups is 2. The fraction of sp³-hybridized carbons (Fsp3) is 0.371. The molecule has 1 saturated carbocycles. The molecule has 4 heterocycles. The summed E-state index contributed by atoms with van der Waals surface area (Å²) in [7, 11) is 0. The number of hydrogen-bond acceptors (Lipinski definition) is 6. The molecule has 6 aromatic rings. The minimum atomic E-state index is -0.210. The van der Waals surface area contributed by atoms with Crippen LogP contribution in [0.25, 0.3) is 22.1 Å². The fourth-order valence-electron chi connectivity index (χ4n) is 6.67. The van der Waals surface area contributed by atoms with Crippen molar-refractivity contribution < 1.29 is 9.59 Å². The van der Waals surface area contributed by atoms with Gasteiger partial charge in [-0.25, -0.2) is 9.97 Å². The summed E-state index contributed by atoms with van der Waals surface area (Å²) in [4.78, 5) is 36.1. The third-order valence-electron chi connectivity index (χ3n) is 9.14. The van der Waals surface area contributed by atoms with Crippen molar-refractivity contribution in [1.82, 2.24) is 38.7 Å². The lowest BCUT2D eigenvalue weighted by Crippen LogP contribution is -2.20. The number of fused-ring (bicyclic) bond motifs is 2. The van der Waals surface area contributed by atoms with E-state index in [2.05, 4.69) is 42.1 Å². The standard InChI is InChI=1S/C35H40N10O2/c1-5-44-30(19-22(3)40-44)32(46)38-34-36-26-11-7-9-13-28(26)42(34)17-15-24-21-25(24)16-18-43-29-14-10-8-12-27(29)37-35(43)39-33(47)31-20-23(4)41-45(31)6-2/h7-14,19-20,24-25H,5-6,15-18,21H2,1-4H3,(H,36,38,46)(H,37,39,47)/t24-,25-/m0/s1. The molecule has 0 spiro atoms. The van der Waals surface area contributed by atoms with Crippen LogP contribution >= 0.6 is 0 Å². The first kappa shape index (κ1) is 30.4. The molecule has 47 heavy (non-hydrogen) atoms. The second kappa shape index (κ2) is 12.5. The summed E-state index contributed by atoms with van der Waals surface area (Å²) in [6, 6.07) is 19.6. The number of nitrogens with zero attached hydrogens (tertiary/aromatic N) is 8. The van der Waals surface area contributed by atoms with Gasteiger partial charge in [0.25, 0.3) is 11.8 Å². The van der Waals surface area contributed by atoms with Gasteiger partial charge in [-0.1, -0.05) is 24.3 Å². The average molecular weight is 633 g/mol. The Hall–Kier alpha value is -5.26. The largest absolute Gasteiger partial charge is 0.310 e. The summed E-state index contributed by atoms with van der Waals surface area (Å²) in [5.74, 6) is 1.83. The number of anilines is 2. The summed E-state index contributed by atoms with van der Waals surface area (Å²) in [5, 5.41) is 15.0. The predicted molar refractivity (Wildman–Crippen MR) is 181 cm³/mol. The number of aromatic nitrogens is 8. The van der Waals surface area contributed by atoms with E-state index in [1.165, 1.54) is 0 Å². The molecular weight excluding hydrogens is 592 g/mol. The zero-order chi connectivity index (χ0) is 32.7. The van der Waals surface area contributed by atoms with E-state index in [-0.39, 0.29) is 11.8 Å². The van der Waals surface area contributed by atoms with Crippen molar-refractivity contribution in [3.05, 3.63) is 83.4 Å². The average Bonchev–Trinajstić information content (AvgIpc) is 3.35. The zero-order valence-corrected chi connectivity index (χ0v) is 27.3. The molecule has 2 N–H and O–H groups in total. The van der Waals surface area contributed by atoms with Gasteiger partial charge < -0.3 is 9.13 Å². The molecule has 12 heteroatoms. The van der Waals surface area contributed by atoms with Crippen molar-refractivity contribution in [3.63, 3.8) is 0 Å². The van der Waals surface area contributed by atoms with Gasteiger partial charge in [-0.2, -0.15) is 10.2 Å². The van der Waals surface area contributed by atoms with E-state index >= 15 is 0 Å². The molecule has 0 unspecified atom stereocenters. The molecule has 0 saturated heterocycles. The van der Waals surface area contributed by atoms with Gasteiger partial charge >= 0.3 is 0 Å². The molecule has 2 atom stereocenters. The number of rotatable bonds is 12. The van der Waals surface area contributed by atoms with Crippen LogP contribution in [0.4, 0.5) is 11.9 Å². The minimum absolute atomic E-state index is 0.210. The Bertz CT molecular complexity index is 1950. The first-order valence-corrected chi connectivity index (χ1v) is 16.4. The first-order valence-electron chi connectivity index (χ1n) is 16.4. The Labute approximate surface area is 272 Å². The van der Waals surface area contributed by atoms with Gasteiger partial charge in [0.05, 0.1) is 33.5 Å². The van der Waals surface area contributed by atoms with Crippen LogP contribution in [0.15, 0.2) is 60.7 Å². The highest BCUT2D eigenvalue weighted by Crippen LogP contribution is 2.45. The summed E-state index contributed by atoms with van der Waals surface area (Å²) < 4.78 is 7.69. The lowest BCUT2D eigenvalue weighted by Gasteiger charge is -2.12. The topological polar surface area (TPSA) is 129 Å². The smallest absolute Gasteiger partial charge is 0.276 e. The van der Waals surface area contributed by atoms with Gasteiger partial charge in [0, 0.05) is 26.2 Å². The maximum absolute atomic E-state index is 13.3. The van der Waals surface area contributed by atoms with E-state index in [1.54, 1.807) is 9.36 Å².